The molecule has 0 heterocycles. The molecule has 0 aliphatic rings. The van der Waals surface area contributed by atoms with Crippen molar-refractivity contribution in [1.82, 2.24) is 0 Å². The number of hydrogen-bond acceptors (Lipinski definition) is 4. The summed E-state index contributed by atoms with van der Waals surface area (Å²) < 4.78 is 5.30. The van der Waals surface area contributed by atoms with Crippen molar-refractivity contribution >= 4 is 18.4 Å². The molecular weight excluding hydrogens is 272 g/mol. The molecule has 0 aromatic heterocycles. The van der Waals surface area contributed by atoms with E-state index in [1.807, 2.05) is 0 Å². The van der Waals surface area contributed by atoms with Crippen LogP contribution < -0.4 is 10.5 Å². The Morgan fingerprint density at radius 1 is 1.47 bits per heavy atom. The highest BCUT2D eigenvalue weighted by Crippen LogP contribution is 2.13. The van der Waals surface area contributed by atoms with Gasteiger partial charge in [0.1, 0.15) is 11.8 Å². The third kappa shape index (κ3) is 6.52. The fourth-order valence-corrected chi connectivity index (χ4v) is 1.31. The van der Waals surface area contributed by atoms with Gasteiger partial charge in [-0.25, -0.2) is 0 Å². The lowest BCUT2D eigenvalue weighted by atomic mass is 10.1. The summed E-state index contributed by atoms with van der Waals surface area (Å²) in [6.45, 7) is 0.570. The molecule has 0 saturated carbocycles. The van der Waals surface area contributed by atoms with Gasteiger partial charge in [-0.3, -0.25) is 4.79 Å². The van der Waals surface area contributed by atoms with E-state index in [1.165, 1.54) is 0 Å². The highest BCUT2D eigenvalue weighted by Gasteiger charge is 2.11. The number of rotatable bonds is 7. The lowest BCUT2D eigenvalue weighted by molar-refractivity contribution is -0.138. The second-order valence-electron chi connectivity index (χ2n) is 3.60. The predicted molar refractivity (Wildman–Crippen MR) is 72.5 cm³/mol. The second kappa shape index (κ2) is 9.04. The quantitative estimate of drug-likeness (QED) is 0.343. The first-order chi connectivity index (χ1) is 8.63. The minimum Gasteiger partial charge on any atom is -0.493 e. The van der Waals surface area contributed by atoms with Crippen LogP contribution in [0.3, 0.4) is 0 Å². The van der Waals surface area contributed by atoms with Crippen LogP contribution in [0.25, 0.3) is 10.4 Å². The summed E-state index contributed by atoms with van der Waals surface area (Å²) in [5, 5.41) is 12.0. The molecule has 0 radical (unpaired) electrons. The van der Waals surface area contributed by atoms with Gasteiger partial charge in [0.05, 0.1) is 13.2 Å². The first-order valence-electron chi connectivity index (χ1n) is 5.34. The second-order valence-corrected chi connectivity index (χ2v) is 3.60. The Labute approximate surface area is 116 Å². The summed E-state index contributed by atoms with van der Waals surface area (Å²) in [5.74, 6) is -0.388. The molecule has 19 heavy (non-hydrogen) atoms. The first kappa shape index (κ1) is 17.1. The first-order valence-corrected chi connectivity index (χ1v) is 5.34. The minimum atomic E-state index is -1.02. The fourth-order valence-electron chi connectivity index (χ4n) is 1.31. The van der Waals surface area contributed by atoms with Crippen molar-refractivity contribution < 1.29 is 14.6 Å². The smallest absolute Gasteiger partial charge is 0.320 e. The van der Waals surface area contributed by atoms with E-state index < -0.39 is 12.0 Å². The van der Waals surface area contributed by atoms with E-state index in [-0.39, 0.29) is 25.4 Å². The number of hydrogen-bond donors (Lipinski definition) is 2. The van der Waals surface area contributed by atoms with Gasteiger partial charge in [0.15, 0.2) is 0 Å². The van der Waals surface area contributed by atoms with Crippen molar-refractivity contribution in [3.05, 3.63) is 40.3 Å². The number of halogens is 1. The Morgan fingerprint density at radius 2 is 2.11 bits per heavy atom. The fraction of sp³-hybridized carbons (Fsp3) is 0.364. The summed E-state index contributed by atoms with van der Waals surface area (Å²) in [4.78, 5) is 13.2. The Morgan fingerprint density at radius 3 is 2.63 bits per heavy atom. The zero-order valence-corrected chi connectivity index (χ0v) is 10.9. The summed E-state index contributed by atoms with van der Waals surface area (Å²) in [5.41, 5.74) is 14.3. The number of nitrogens with two attached hydrogens (primary N) is 1. The van der Waals surface area contributed by atoms with Crippen LogP contribution in [0.15, 0.2) is 29.4 Å². The predicted octanol–water partition coefficient (Wildman–Crippen LogP) is 1.75. The van der Waals surface area contributed by atoms with Gasteiger partial charge in [-0.05, 0) is 29.6 Å². The molecule has 104 valence electrons. The average Bonchev–Trinajstić information content (AvgIpc) is 2.36. The number of azide groups is 1. The lowest BCUT2D eigenvalue weighted by Crippen LogP contribution is -2.32. The number of carbonyl (C=O) groups is 1. The summed E-state index contributed by atoms with van der Waals surface area (Å²) in [6, 6.07) is 6.05. The number of benzene rings is 1. The van der Waals surface area contributed by atoms with Crippen LogP contribution in [0.2, 0.25) is 0 Å². The van der Waals surface area contributed by atoms with Crippen molar-refractivity contribution in [1.29, 1.82) is 0 Å². The highest BCUT2D eigenvalue weighted by atomic mass is 35.5. The Balaban J connectivity index is 0.00000324. The van der Waals surface area contributed by atoms with E-state index in [0.717, 1.165) is 5.56 Å². The van der Waals surface area contributed by atoms with Crippen LogP contribution in [-0.2, 0) is 11.2 Å². The Kier molecular flexibility index (Phi) is 8.12. The molecule has 0 unspecified atom stereocenters. The van der Waals surface area contributed by atoms with Crippen molar-refractivity contribution in [3.63, 3.8) is 0 Å². The highest BCUT2D eigenvalue weighted by molar-refractivity contribution is 5.85. The molecule has 1 aromatic carbocycles. The maximum atomic E-state index is 10.6. The van der Waals surface area contributed by atoms with Gasteiger partial charge < -0.3 is 15.6 Å². The van der Waals surface area contributed by atoms with E-state index >= 15 is 0 Å². The van der Waals surface area contributed by atoms with E-state index in [0.29, 0.717) is 12.4 Å². The number of ether oxygens (including phenoxy) is 1. The lowest BCUT2D eigenvalue weighted by Gasteiger charge is -2.08. The molecular formula is C11H15ClN4O3. The van der Waals surface area contributed by atoms with Gasteiger partial charge in [-0.15, -0.1) is 12.4 Å². The molecule has 1 rings (SSSR count). The number of nitrogens with zero attached hydrogens (tertiary/aromatic N) is 3. The zero-order valence-electron chi connectivity index (χ0n) is 10.1. The van der Waals surface area contributed by atoms with Crippen LogP contribution in [0, 0.1) is 0 Å². The third-order valence-corrected chi connectivity index (χ3v) is 2.22. The summed E-state index contributed by atoms with van der Waals surface area (Å²) in [7, 11) is 0. The van der Waals surface area contributed by atoms with E-state index in [9.17, 15) is 4.79 Å². The van der Waals surface area contributed by atoms with E-state index in [4.69, 9.17) is 21.1 Å². The maximum Gasteiger partial charge on any atom is 0.320 e. The molecule has 0 spiro atoms. The van der Waals surface area contributed by atoms with Crippen LogP contribution in [0.4, 0.5) is 0 Å². The van der Waals surface area contributed by atoms with Gasteiger partial charge in [0, 0.05) is 4.91 Å². The molecule has 0 aliphatic carbocycles. The molecule has 3 N–H and O–H groups in total. The maximum absolute atomic E-state index is 10.6. The van der Waals surface area contributed by atoms with Crippen molar-refractivity contribution in [2.45, 2.75) is 12.5 Å². The summed E-state index contributed by atoms with van der Waals surface area (Å²) >= 11 is 0. The molecule has 0 saturated heterocycles. The molecule has 0 amide bonds. The minimum absolute atomic E-state index is 0. The van der Waals surface area contributed by atoms with Crippen molar-refractivity contribution in [2.24, 2.45) is 10.8 Å². The van der Waals surface area contributed by atoms with Crippen LogP contribution in [0.5, 0.6) is 5.75 Å². The number of carboxylic acids is 1. The molecule has 1 atom stereocenters. The number of carboxylic acid groups (broad SMARTS) is 1. The van der Waals surface area contributed by atoms with Gasteiger partial charge in [0.25, 0.3) is 0 Å². The van der Waals surface area contributed by atoms with Gasteiger partial charge >= 0.3 is 5.97 Å². The third-order valence-electron chi connectivity index (χ3n) is 2.22. The van der Waals surface area contributed by atoms with Crippen molar-refractivity contribution in [2.75, 3.05) is 13.2 Å². The summed E-state index contributed by atoms with van der Waals surface area (Å²) in [6.07, 6.45) is 0.272. The molecule has 0 aliphatic heterocycles. The van der Waals surface area contributed by atoms with E-state index in [2.05, 4.69) is 10.0 Å². The van der Waals surface area contributed by atoms with E-state index in [1.54, 1.807) is 24.3 Å². The Hall–Kier alpha value is -1.95. The topological polar surface area (TPSA) is 121 Å². The zero-order chi connectivity index (χ0) is 13.4. The molecule has 1 aromatic rings. The normalized spacial score (nSPS) is 10.8. The van der Waals surface area contributed by atoms with Gasteiger partial charge in [0.2, 0.25) is 0 Å². The average molecular weight is 287 g/mol. The largest absolute Gasteiger partial charge is 0.493 e. The monoisotopic (exact) mass is 286 g/mol. The molecule has 7 nitrogen and oxygen atoms in total. The SMILES string of the molecule is Cl.[N-]=[N+]=NCCOc1ccc(C[C@H](N)C(=O)O)cc1. The van der Waals surface area contributed by atoms with Gasteiger partial charge in [-0.2, -0.15) is 0 Å². The Bertz CT molecular complexity index is 446. The van der Waals surface area contributed by atoms with Crippen molar-refractivity contribution in [3.8, 4) is 5.75 Å². The van der Waals surface area contributed by atoms with Crippen LogP contribution in [0.1, 0.15) is 5.56 Å². The number of aliphatic carboxylic acids is 1. The molecule has 8 heteroatoms. The molecule has 0 fully saturated rings. The standard InChI is InChI=1S/C11H14N4O3.ClH/c12-10(11(16)17)7-8-1-3-9(4-2-8)18-6-5-14-15-13;/h1-4,10H,5-7,12H2,(H,16,17);1H/t10-;/m0./s1. The van der Waals surface area contributed by atoms with Gasteiger partial charge in [-0.1, -0.05) is 17.2 Å². The van der Waals surface area contributed by atoms with Crippen LogP contribution >= 0.6 is 12.4 Å². The molecule has 0 bridgehead atoms. The van der Waals surface area contributed by atoms with Crippen LogP contribution in [-0.4, -0.2) is 30.3 Å².